The van der Waals surface area contributed by atoms with Crippen LogP contribution in [0.2, 0.25) is 0 Å². The normalized spacial score (nSPS) is 18.2. The Labute approximate surface area is 186 Å². The number of nitrogens with zero attached hydrogens (tertiary/aromatic N) is 1. The molecule has 2 aromatic carbocycles. The van der Waals surface area contributed by atoms with E-state index in [0.717, 1.165) is 55.6 Å². The summed E-state index contributed by atoms with van der Waals surface area (Å²) in [5.74, 6) is -0.646. The second kappa shape index (κ2) is 8.39. The van der Waals surface area contributed by atoms with Crippen LogP contribution in [0.1, 0.15) is 66.2 Å². The van der Waals surface area contributed by atoms with Crippen molar-refractivity contribution in [2.75, 3.05) is 19.6 Å². The third-order valence-corrected chi connectivity index (χ3v) is 6.84. The summed E-state index contributed by atoms with van der Waals surface area (Å²) in [4.78, 5) is 38.4. The third-order valence-electron chi connectivity index (χ3n) is 6.84. The summed E-state index contributed by atoms with van der Waals surface area (Å²) < 4.78 is 10.2. The number of cyclic esters (lactones) is 2. The number of carbonyl (C=O) groups is 3. The Bertz CT molecular complexity index is 1100. The van der Waals surface area contributed by atoms with Crippen LogP contribution in [0.4, 0.5) is 0 Å². The van der Waals surface area contributed by atoms with Crippen LogP contribution in [0, 0.1) is 6.92 Å². The molecule has 0 saturated carbocycles. The van der Waals surface area contributed by atoms with Crippen LogP contribution >= 0.6 is 0 Å². The zero-order valence-electron chi connectivity index (χ0n) is 18.1. The fraction of sp³-hybridized carbons (Fsp3) is 0.400. The van der Waals surface area contributed by atoms with Crippen LogP contribution in [0.3, 0.4) is 0 Å². The lowest BCUT2D eigenvalue weighted by atomic mass is 9.96. The van der Waals surface area contributed by atoms with Crippen LogP contribution in [0.15, 0.2) is 30.3 Å². The lowest BCUT2D eigenvalue weighted by molar-refractivity contribution is 0.0526. The number of amides is 1. The molecule has 166 valence electrons. The van der Waals surface area contributed by atoms with Crippen molar-refractivity contribution in [3.8, 4) is 0 Å². The van der Waals surface area contributed by atoms with Gasteiger partial charge in [-0.15, -0.1) is 0 Å². The van der Waals surface area contributed by atoms with E-state index in [1.54, 1.807) is 18.2 Å². The van der Waals surface area contributed by atoms with Crippen LogP contribution in [-0.4, -0.2) is 48.4 Å². The van der Waals surface area contributed by atoms with Crippen molar-refractivity contribution >= 4 is 17.8 Å². The van der Waals surface area contributed by atoms with Crippen LogP contribution in [-0.2, 0) is 29.1 Å². The van der Waals surface area contributed by atoms with Crippen molar-refractivity contribution in [3.63, 3.8) is 0 Å². The van der Waals surface area contributed by atoms with E-state index in [1.807, 2.05) is 12.1 Å². The average Bonchev–Trinajstić information content (AvgIpc) is 3.37. The predicted molar refractivity (Wildman–Crippen MR) is 116 cm³/mol. The Morgan fingerprint density at radius 1 is 1.03 bits per heavy atom. The van der Waals surface area contributed by atoms with Gasteiger partial charge in [-0.2, -0.15) is 0 Å². The molecule has 1 N–H and O–H groups in total. The standard InChI is InChI=1S/C25H26N2O5/c1-15-16(2-5-21-22(15)14-32-25(21)30)6-9-27-10-7-19(8-11-27)26-23(28)17-3-4-20-18(12-17)13-31-24(20)29/h2-5,12,19H,6-11,13-14H2,1H3,(H,26,28). The maximum atomic E-state index is 12.7. The molecule has 3 aliphatic heterocycles. The summed E-state index contributed by atoms with van der Waals surface area (Å²) in [5, 5.41) is 3.14. The van der Waals surface area contributed by atoms with Crippen molar-refractivity contribution in [2.45, 2.75) is 45.4 Å². The molecule has 7 heteroatoms. The Morgan fingerprint density at radius 2 is 1.75 bits per heavy atom. The molecule has 1 amide bonds. The molecule has 0 aliphatic carbocycles. The number of benzene rings is 2. The summed E-state index contributed by atoms with van der Waals surface area (Å²) in [6.07, 6.45) is 2.74. The quantitative estimate of drug-likeness (QED) is 0.729. The van der Waals surface area contributed by atoms with Gasteiger partial charge in [0.05, 0.1) is 11.1 Å². The van der Waals surface area contributed by atoms with Gasteiger partial charge in [-0.05, 0) is 61.6 Å². The van der Waals surface area contributed by atoms with Crippen LogP contribution in [0.25, 0.3) is 0 Å². The van der Waals surface area contributed by atoms with Crippen molar-refractivity contribution < 1.29 is 23.9 Å². The molecule has 0 spiro atoms. The molecule has 0 radical (unpaired) electrons. The van der Waals surface area contributed by atoms with Gasteiger partial charge in [0.1, 0.15) is 13.2 Å². The molecule has 7 nitrogen and oxygen atoms in total. The minimum absolute atomic E-state index is 0.101. The molecule has 0 atom stereocenters. The number of piperidine rings is 1. The minimum atomic E-state index is -0.323. The van der Waals surface area contributed by atoms with Gasteiger partial charge in [-0.3, -0.25) is 4.79 Å². The highest BCUT2D eigenvalue weighted by Gasteiger charge is 2.26. The van der Waals surface area contributed by atoms with Gasteiger partial charge >= 0.3 is 11.9 Å². The first-order chi connectivity index (χ1) is 15.5. The molecule has 2 aromatic rings. The Morgan fingerprint density at radius 3 is 2.56 bits per heavy atom. The topological polar surface area (TPSA) is 84.9 Å². The van der Waals surface area contributed by atoms with E-state index in [1.165, 1.54) is 5.56 Å². The van der Waals surface area contributed by atoms with Crippen LogP contribution in [0.5, 0.6) is 0 Å². The van der Waals surface area contributed by atoms with Gasteiger partial charge in [-0.25, -0.2) is 9.59 Å². The molecule has 0 aromatic heterocycles. The van der Waals surface area contributed by atoms with Gasteiger partial charge in [0.2, 0.25) is 0 Å². The summed E-state index contributed by atoms with van der Waals surface area (Å²) in [5.41, 5.74) is 6.04. The maximum absolute atomic E-state index is 12.7. The molecule has 32 heavy (non-hydrogen) atoms. The number of rotatable bonds is 5. The first kappa shape index (κ1) is 20.7. The number of esters is 2. The minimum Gasteiger partial charge on any atom is -0.457 e. The van der Waals surface area contributed by atoms with Gasteiger partial charge in [0.15, 0.2) is 0 Å². The Hall–Kier alpha value is -3.19. The number of nitrogens with one attached hydrogen (secondary N) is 1. The number of hydrogen-bond acceptors (Lipinski definition) is 6. The largest absolute Gasteiger partial charge is 0.457 e. The Kier molecular flexibility index (Phi) is 5.43. The van der Waals surface area contributed by atoms with E-state index >= 15 is 0 Å². The second-order valence-corrected chi connectivity index (χ2v) is 8.74. The van der Waals surface area contributed by atoms with E-state index < -0.39 is 0 Å². The molecule has 0 bridgehead atoms. The molecule has 1 saturated heterocycles. The van der Waals surface area contributed by atoms with Gasteiger partial charge in [0, 0.05) is 42.4 Å². The summed E-state index contributed by atoms with van der Waals surface area (Å²) in [7, 11) is 0. The lowest BCUT2D eigenvalue weighted by Crippen LogP contribution is -2.45. The fourth-order valence-electron chi connectivity index (χ4n) is 4.79. The number of fused-ring (bicyclic) bond motifs is 2. The van der Waals surface area contributed by atoms with E-state index in [9.17, 15) is 14.4 Å². The first-order valence-corrected chi connectivity index (χ1v) is 11.1. The zero-order chi connectivity index (χ0) is 22.2. The van der Waals surface area contributed by atoms with Crippen molar-refractivity contribution in [1.29, 1.82) is 0 Å². The monoisotopic (exact) mass is 434 g/mol. The Balaban J connectivity index is 1.12. The van der Waals surface area contributed by atoms with Crippen LogP contribution < -0.4 is 5.32 Å². The highest BCUT2D eigenvalue weighted by Crippen LogP contribution is 2.26. The highest BCUT2D eigenvalue weighted by atomic mass is 16.5. The molecule has 1 fully saturated rings. The summed E-state index contributed by atoms with van der Waals surface area (Å²) in [6, 6.07) is 9.19. The number of ether oxygens (including phenoxy) is 2. The third kappa shape index (κ3) is 3.88. The highest BCUT2D eigenvalue weighted by molar-refractivity contribution is 5.98. The van der Waals surface area contributed by atoms with Crippen molar-refractivity contribution in [1.82, 2.24) is 10.2 Å². The smallest absolute Gasteiger partial charge is 0.338 e. The fourth-order valence-corrected chi connectivity index (χ4v) is 4.79. The maximum Gasteiger partial charge on any atom is 0.338 e. The SMILES string of the molecule is Cc1c(CCN2CCC(NC(=O)c3ccc4c(c3)COC4=O)CC2)ccc2c1COC2=O. The molecular formula is C25H26N2O5. The molecule has 3 heterocycles. The van der Waals surface area contributed by atoms with E-state index in [-0.39, 0.29) is 30.5 Å². The van der Waals surface area contributed by atoms with Crippen molar-refractivity contribution in [2.24, 2.45) is 0 Å². The summed E-state index contributed by atoms with van der Waals surface area (Å²) in [6.45, 7) is 5.51. The molecular weight excluding hydrogens is 408 g/mol. The van der Waals surface area contributed by atoms with Gasteiger partial charge in [-0.1, -0.05) is 6.07 Å². The lowest BCUT2D eigenvalue weighted by Gasteiger charge is -2.32. The predicted octanol–water partition coefficient (Wildman–Crippen LogP) is 2.77. The average molecular weight is 434 g/mol. The second-order valence-electron chi connectivity index (χ2n) is 8.74. The number of carbonyl (C=O) groups excluding carboxylic acids is 3. The van der Waals surface area contributed by atoms with E-state index in [0.29, 0.717) is 23.3 Å². The van der Waals surface area contributed by atoms with Crippen molar-refractivity contribution in [3.05, 3.63) is 69.3 Å². The van der Waals surface area contributed by atoms with E-state index in [2.05, 4.69) is 17.1 Å². The van der Waals surface area contributed by atoms with Gasteiger partial charge in [0.25, 0.3) is 5.91 Å². The summed E-state index contributed by atoms with van der Waals surface area (Å²) >= 11 is 0. The zero-order valence-corrected chi connectivity index (χ0v) is 18.1. The molecule has 5 rings (SSSR count). The molecule has 0 unspecified atom stereocenters. The first-order valence-electron chi connectivity index (χ1n) is 11.1. The van der Waals surface area contributed by atoms with E-state index in [4.69, 9.17) is 9.47 Å². The molecule has 3 aliphatic rings. The van der Waals surface area contributed by atoms with Gasteiger partial charge < -0.3 is 19.7 Å². The number of hydrogen-bond donors (Lipinski definition) is 1. The number of likely N-dealkylation sites (tertiary alicyclic amines) is 1.